The Labute approximate surface area is 127 Å². The first-order valence-corrected chi connectivity index (χ1v) is 8.19. The summed E-state index contributed by atoms with van der Waals surface area (Å²) >= 11 is 6.50. The lowest BCUT2D eigenvalue weighted by atomic mass is 9.82. The number of hydrogen-bond donors (Lipinski definition) is 1. The van der Waals surface area contributed by atoms with Gasteiger partial charge in [0.25, 0.3) is 0 Å². The van der Waals surface area contributed by atoms with Gasteiger partial charge in [-0.15, -0.1) is 0 Å². The highest BCUT2D eigenvalue weighted by molar-refractivity contribution is 6.33. The smallest absolute Gasteiger partial charge is 0.0642 e. The molecule has 1 saturated carbocycles. The number of anilines is 1. The van der Waals surface area contributed by atoms with Gasteiger partial charge in [-0.05, 0) is 42.7 Å². The predicted octanol–water partition coefficient (Wildman–Crippen LogP) is 4.22. The van der Waals surface area contributed by atoms with E-state index in [2.05, 4.69) is 36.2 Å². The summed E-state index contributed by atoms with van der Waals surface area (Å²) < 4.78 is 0. The fourth-order valence-electron chi connectivity index (χ4n) is 2.93. The van der Waals surface area contributed by atoms with E-state index >= 15 is 0 Å². The number of para-hydroxylation sites is 1. The van der Waals surface area contributed by atoms with Crippen LogP contribution >= 0.6 is 11.6 Å². The van der Waals surface area contributed by atoms with E-state index in [0.29, 0.717) is 5.41 Å². The highest BCUT2D eigenvalue weighted by atomic mass is 35.5. The van der Waals surface area contributed by atoms with Crippen molar-refractivity contribution in [3.8, 4) is 0 Å². The minimum absolute atomic E-state index is 0.476. The number of benzene rings is 1. The first kappa shape index (κ1) is 14.2. The van der Waals surface area contributed by atoms with Gasteiger partial charge in [0, 0.05) is 25.7 Å². The fraction of sp³-hybridized carbons (Fsp3) is 0.647. The molecule has 3 rings (SSSR count). The highest BCUT2D eigenvalue weighted by Crippen LogP contribution is 2.37. The number of piperidine rings is 1. The van der Waals surface area contributed by atoms with E-state index in [4.69, 9.17) is 11.6 Å². The Morgan fingerprint density at radius 2 is 1.95 bits per heavy atom. The summed E-state index contributed by atoms with van der Waals surface area (Å²) in [6, 6.07) is 7.05. The van der Waals surface area contributed by atoms with E-state index < -0.39 is 0 Å². The average molecular weight is 293 g/mol. The topological polar surface area (TPSA) is 15.3 Å². The van der Waals surface area contributed by atoms with E-state index in [1.165, 1.54) is 36.9 Å². The molecular weight excluding hydrogens is 268 g/mol. The third-order valence-electron chi connectivity index (χ3n) is 4.66. The zero-order valence-corrected chi connectivity index (χ0v) is 13.3. The molecule has 0 aromatic heterocycles. The normalized spacial score (nSPS) is 22.1. The van der Waals surface area contributed by atoms with Gasteiger partial charge in [-0.3, -0.25) is 0 Å². The molecule has 0 amide bonds. The summed E-state index contributed by atoms with van der Waals surface area (Å²) in [5.74, 6) is 0. The standard InChI is InChI=1S/C17H25ClN2/c1-17(2)8-10-20(11-9-17)16-13(4-3-5-15(16)18)12-19-14-6-7-14/h3-5,14,19H,6-12H2,1-2H3. The maximum Gasteiger partial charge on any atom is 0.0642 e. The zero-order chi connectivity index (χ0) is 14.2. The first-order chi connectivity index (χ1) is 9.55. The van der Waals surface area contributed by atoms with Gasteiger partial charge >= 0.3 is 0 Å². The van der Waals surface area contributed by atoms with Crippen LogP contribution in [0.15, 0.2) is 18.2 Å². The number of nitrogens with zero attached hydrogens (tertiary/aromatic N) is 1. The SMILES string of the molecule is CC1(C)CCN(c2c(Cl)cccc2CNC2CC2)CC1. The maximum absolute atomic E-state index is 6.50. The third kappa shape index (κ3) is 3.29. The molecule has 20 heavy (non-hydrogen) atoms. The monoisotopic (exact) mass is 292 g/mol. The molecule has 0 bridgehead atoms. The molecule has 2 nitrogen and oxygen atoms in total. The van der Waals surface area contributed by atoms with Crippen LogP contribution in [0.5, 0.6) is 0 Å². The Bertz CT molecular complexity index is 470. The minimum Gasteiger partial charge on any atom is -0.370 e. The molecule has 0 unspecified atom stereocenters. The second-order valence-electron chi connectivity index (χ2n) is 7.05. The molecule has 110 valence electrons. The van der Waals surface area contributed by atoms with Crippen LogP contribution in [0.2, 0.25) is 5.02 Å². The van der Waals surface area contributed by atoms with Gasteiger partial charge in [0.15, 0.2) is 0 Å². The van der Waals surface area contributed by atoms with Gasteiger partial charge in [0.1, 0.15) is 0 Å². The largest absolute Gasteiger partial charge is 0.370 e. The van der Waals surface area contributed by atoms with Gasteiger partial charge in [0.2, 0.25) is 0 Å². The van der Waals surface area contributed by atoms with Gasteiger partial charge in [0.05, 0.1) is 10.7 Å². The van der Waals surface area contributed by atoms with Crippen LogP contribution in [-0.2, 0) is 6.54 Å². The number of nitrogens with one attached hydrogen (secondary N) is 1. The second-order valence-corrected chi connectivity index (χ2v) is 7.46. The van der Waals surface area contributed by atoms with E-state index in [1.807, 2.05) is 6.07 Å². The van der Waals surface area contributed by atoms with Crippen molar-refractivity contribution in [1.29, 1.82) is 0 Å². The van der Waals surface area contributed by atoms with Crippen molar-refractivity contribution >= 4 is 17.3 Å². The molecular formula is C17H25ClN2. The van der Waals surface area contributed by atoms with Crippen molar-refractivity contribution in [1.82, 2.24) is 5.32 Å². The van der Waals surface area contributed by atoms with Crippen molar-refractivity contribution in [2.75, 3.05) is 18.0 Å². The van der Waals surface area contributed by atoms with Crippen molar-refractivity contribution in [2.24, 2.45) is 5.41 Å². The van der Waals surface area contributed by atoms with Gasteiger partial charge in [-0.25, -0.2) is 0 Å². The quantitative estimate of drug-likeness (QED) is 0.894. The van der Waals surface area contributed by atoms with E-state index in [0.717, 1.165) is 30.7 Å². The van der Waals surface area contributed by atoms with Crippen molar-refractivity contribution in [3.63, 3.8) is 0 Å². The van der Waals surface area contributed by atoms with Crippen LogP contribution < -0.4 is 10.2 Å². The Balaban J connectivity index is 1.76. The van der Waals surface area contributed by atoms with Crippen molar-refractivity contribution in [3.05, 3.63) is 28.8 Å². The van der Waals surface area contributed by atoms with E-state index in [9.17, 15) is 0 Å². The summed E-state index contributed by atoms with van der Waals surface area (Å²) in [5.41, 5.74) is 3.09. The zero-order valence-electron chi connectivity index (χ0n) is 12.6. The lowest BCUT2D eigenvalue weighted by Crippen LogP contribution is -2.38. The van der Waals surface area contributed by atoms with Crippen LogP contribution in [0, 0.1) is 5.41 Å². The molecule has 3 heteroatoms. The summed E-state index contributed by atoms with van der Waals surface area (Å²) in [5, 5.41) is 4.51. The van der Waals surface area contributed by atoms with Crippen LogP contribution in [-0.4, -0.2) is 19.1 Å². The lowest BCUT2D eigenvalue weighted by Gasteiger charge is -2.39. The molecule has 1 saturated heterocycles. The molecule has 1 heterocycles. The minimum atomic E-state index is 0.476. The fourth-order valence-corrected chi connectivity index (χ4v) is 3.25. The number of hydrogen-bond acceptors (Lipinski definition) is 2. The Morgan fingerprint density at radius 1 is 1.25 bits per heavy atom. The first-order valence-electron chi connectivity index (χ1n) is 7.81. The molecule has 2 fully saturated rings. The van der Waals surface area contributed by atoms with E-state index in [-0.39, 0.29) is 0 Å². The van der Waals surface area contributed by atoms with Crippen LogP contribution in [0.4, 0.5) is 5.69 Å². The Hall–Kier alpha value is -0.730. The number of rotatable bonds is 4. The molecule has 1 aromatic rings. The molecule has 0 spiro atoms. The summed E-state index contributed by atoms with van der Waals surface area (Å²) in [7, 11) is 0. The van der Waals surface area contributed by atoms with Crippen LogP contribution in [0.25, 0.3) is 0 Å². The lowest BCUT2D eigenvalue weighted by molar-refractivity contribution is 0.279. The molecule has 1 aliphatic heterocycles. The third-order valence-corrected chi connectivity index (χ3v) is 4.97. The molecule has 0 radical (unpaired) electrons. The summed E-state index contributed by atoms with van der Waals surface area (Å²) in [6.45, 7) is 7.92. The Morgan fingerprint density at radius 3 is 2.60 bits per heavy atom. The van der Waals surface area contributed by atoms with Gasteiger partial charge in [-0.1, -0.05) is 37.6 Å². The molecule has 1 aromatic carbocycles. The maximum atomic E-state index is 6.50. The highest BCUT2D eigenvalue weighted by Gasteiger charge is 2.28. The number of halogens is 1. The van der Waals surface area contributed by atoms with Gasteiger partial charge < -0.3 is 10.2 Å². The van der Waals surface area contributed by atoms with Crippen molar-refractivity contribution in [2.45, 2.75) is 52.1 Å². The molecule has 0 atom stereocenters. The molecule has 2 aliphatic rings. The van der Waals surface area contributed by atoms with Gasteiger partial charge in [-0.2, -0.15) is 0 Å². The molecule has 1 aliphatic carbocycles. The average Bonchev–Trinajstić information content (AvgIpc) is 3.21. The second kappa shape index (κ2) is 5.57. The van der Waals surface area contributed by atoms with Crippen molar-refractivity contribution < 1.29 is 0 Å². The predicted molar refractivity (Wildman–Crippen MR) is 86.5 cm³/mol. The molecule has 1 N–H and O–H groups in total. The van der Waals surface area contributed by atoms with Crippen LogP contribution in [0.1, 0.15) is 45.1 Å². The van der Waals surface area contributed by atoms with Crippen LogP contribution in [0.3, 0.4) is 0 Å². The summed E-state index contributed by atoms with van der Waals surface area (Å²) in [6.07, 6.45) is 5.14. The Kier molecular flexibility index (Phi) is 3.96. The van der Waals surface area contributed by atoms with E-state index in [1.54, 1.807) is 0 Å². The summed E-state index contributed by atoms with van der Waals surface area (Å²) in [4.78, 5) is 2.48.